The molecule has 0 saturated carbocycles. The van der Waals surface area contributed by atoms with Crippen LogP contribution < -0.4 is 5.73 Å². The summed E-state index contributed by atoms with van der Waals surface area (Å²) in [4.78, 5) is 25.3. The normalized spacial score (nSPS) is 22.0. The number of nitrogens with two attached hydrogens (primary N) is 1. The zero-order valence-corrected chi connectivity index (χ0v) is 16.3. The first-order valence-corrected chi connectivity index (χ1v) is 8.91. The monoisotopic (exact) mass is 423 g/mol. The van der Waals surface area contributed by atoms with Crippen molar-refractivity contribution in [3.63, 3.8) is 0 Å². The Morgan fingerprint density at radius 1 is 1.38 bits per heavy atom. The third-order valence-corrected chi connectivity index (χ3v) is 5.12. The Kier molecular flexibility index (Phi) is 4.69. The van der Waals surface area contributed by atoms with E-state index < -0.39 is 17.7 Å². The Hall–Kier alpha value is -2.15. The summed E-state index contributed by atoms with van der Waals surface area (Å²) < 4.78 is 25.7. The average molecular weight is 424 g/mol. The number of Topliss-reactive ketones (excluding diaryl/α,β-unsaturated/α-hetero) is 1. The smallest absolute Gasteiger partial charge is 0.340 e. The highest BCUT2D eigenvalue weighted by Gasteiger charge is 2.45. The molecule has 1 aliphatic heterocycles. The van der Waals surface area contributed by atoms with Gasteiger partial charge in [-0.15, -0.1) is 0 Å². The van der Waals surface area contributed by atoms with Crippen LogP contribution in [0.15, 0.2) is 45.5 Å². The maximum absolute atomic E-state index is 14.6. The molecule has 26 heavy (non-hydrogen) atoms. The van der Waals surface area contributed by atoms with Crippen molar-refractivity contribution < 1.29 is 23.5 Å². The van der Waals surface area contributed by atoms with E-state index >= 15 is 0 Å². The van der Waals surface area contributed by atoms with Gasteiger partial charge < -0.3 is 15.2 Å². The first-order chi connectivity index (χ1) is 12.1. The standard InChI is InChI=1S/C19H19BrFNO4/c1-19(2)7-12(23)15-13(8-19)26-17(22)16(18(24)25-3)14(15)10-6-9(20)4-5-11(10)21/h4-6,14H,7-8,22H2,1-3H3/t14-/m1/s1. The predicted octanol–water partition coefficient (Wildman–Crippen LogP) is 3.69. The lowest BCUT2D eigenvalue weighted by atomic mass is 9.70. The van der Waals surface area contributed by atoms with Gasteiger partial charge in [0.05, 0.1) is 13.0 Å². The zero-order valence-electron chi connectivity index (χ0n) is 14.7. The van der Waals surface area contributed by atoms with Crippen LogP contribution in [0.4, 0.5) is 4.39 Å². The number of ketones is 1. The lowest BCUT2D eigenvalue weighted by Gasteiger charge is -2.37. The molecular weight excluding hydrogens is 405 g/mol. The number of carbonyl (C=O) groups is 2. The van der Waals surface area contributed by atoms with Gasteiger partial charge in [0.1, 0.15) is 17.1 Å². The van der Waals surface area contributed by atoms with Crippen molar-refractivity contribution in [1.82, 2.24) is 0 Å². The maximum Gasteiger partial charge on any atom is 0.340 e. The Morgan fingerprint density at radius 3 is 2.73 bits per heavy atom. The maximum atomic E-state index is 14.6. The predicted molar refractivity (Wildman–Crippen MR) is 96.2 cm³/mol. The molecule has 0 saturated heterocycles. The first kappa shape index (κ1) is 18.6. The summed E-state index contributed by atoms with van der Waals surface area (Å²) in [5.74, 6) is -2.22. The summed E-state index contributed by atoms with van der Waals surface area (Å²) in [7, 11) is 1.20. The fraction of sp³-hybridized carbons (Fsp3) is 0.368. The molecule has 0 bridgehead atoms. The topological polar surface area (TPSA) is 78.6 Å². The van der Waals surface area contributed by atoms with Gasteiger partial charge in [0, 0.05) is 28.5 Å². The fourth-order valence-electron chi connectivity index (χ4n) is 3.54. The van der Waals surface area contributed by atoms with Crippen molar-refractivity contribution in [2.75, 3.05) is 7.11 Å². The van der Waals surface area contributed by atoms with Crippen LogP contribution in [0.25, 0.3) is 0 Å². The van der Waals surface area contributed by atoms with Crippen LogP contribution in [0.5, 0.6) is 0 Å². The van der Waals surface area contributed by atoms with Crippen LogP contribution in [0.3, 0.4) is 0 Å². The second-order valence-corrected chi connectivity index (χ2v) is 8.16. The molecule has 3 rings (SSSR count). The highest BCUT2D eigenvalue weighted by atomic mass is 79.9. The highest BCUT2D eigenvalue weighted by Crippen LogP contribution is 2.48. The van der Waals surface area contributed by atoms with Gasteiger partial charge in [0.2, 0.25) is 5.88 Å². The van der Waals surface area contributed by atoms with Crippen LogP contribution in [-0.4, -0.2) is 18.9 Å². The zero-order chi connectivity index (χ0) is 19.2. The highest BCUT2D eigenvalue weighted by molar-refractivity contribution is 9.10. The Bertz CT molecular complexity index is 872. The molecule has 0 unspecified atom stereocenters. The molecule has 0 aromatic heterocycles. The molecule has 138 valence electrons. The molecule has 7 heteroatoms. The van der Waals surface area contributed by atoms with Gasteiger partial charge in [-0.2, -0.15) is 0 Å². The van der Waals surface area contributed by atoms with Gasteiger partial charge in [-0.05, 0) is 23.6 Å². The molecule has 1 aliphatic carbocycles. The fourth-order valence-corrected chi connectivity index (χ4v) is 3.92. The van der Waals surface area contributed by atoms with Gasteiger partial charge in [-0.1, -0.05) is 29.8 Å². The molecule has 1 aromatic carbocycles. The lowest BCUT2D eigenvalue weighted by Crippen LogP contribution is -2.35. The minimum atomic E-state index is -0.965. The van der Waals surface area contributed by atoms with E-state index in [0.717, 1.165) is 0 Å². The number of halogens is 2. The number of hydrogen-bond donors (Lipinski definition) is 1. The summed E-state index contributed by atoms with van der Waals surface area (Å²) in [6, 6.07) is 4.36. The van der Waals surface area contributed by atoms with Crippen molar-refractivity contribution in [3.8, 4) is 0 Å². The third-order valence-electron chi connectivity index (χ3n) is 4.63. The number of carbonyl (C=O) groups excluding carboxylic acids is 2. The van der Waals surface area contributed by atoms with Crippen LogP contribution >= 0.6 is 15.9 Å². The number of benzene rings is 1. The van der Waals surface area contributed by atoms with Crippen molar-refractivity contribution in [3.05, 3.63) is 56.8 Å². The minimum absolute atomic E-state index is 0.0590. The molecule has 1 heterocycles. The van der Waals surface area contributed by atoms with Crippen molar-refractivity contribution >= 4 is 27.7 Å². The third kappa shape index (κ3) is 3.16. The van der Waals surface area contributed by atoms with E-state index in [1.54, 1.807) is 12.1 Å². The number of methoxy groups -OCH3 is 1. The van der Waals surface area contributed by atoms with Gasteiger partial charge >= 0.3 is 5.97 Å². The molecule has 1 aromatic rings. The van der Waals surface area contributed by atoms with Gasteiger partial charge in [-0.25, -0.2) is 9.18 Å². The number of esters is 1. The Labute approximate surface area is 159 Å². The molecule has 0 spiro atoms. The van der Waals surface area contributed by atoms with E-state index in [1.807, 2.05) is 13.8 Å². The van der Waals surface area contributed by atoms with Gasteiger partial charge in [0.25, 0.3) is 0 Å². The molecule has 2 N–H and O–H groups in total. The number of allylic oxidation sites excluding steroid dienone is 2. The molecule has 0 amide bonds. The van der Waals surface area contributed by atoms with Crippen LogP contribution in [-0.2, 0) is 19.1 Å². The largest absolute Gasteiger partial charge is 0.465 e. The van der Waals surface area contributed by atoms with E-state index in [4.69, 9.17) is 15.2 Å². The average Bonchev–Trinajstić information content (AvgIpc) is 2.54. The summed E-state index contributed by atoms with van der Waals surface area (Å²) in [5, 5.41) is 0. The molecule has 0 radical (unpaired) electrons. The molecule has 1 atom stereocenters. The van der Waals surface area contributed by atoms with Crippen LogP contribution in [0.1, 0.15) is 38.2 Å². The molecular formula is C19H19BrFNO4. The van der Waals surface area contributed by atoms with E-state index in [2.05, 4.69) is 15.9 Å². The number of ether oxygens (including phenoxy) is 2. The second-order valence-electron chi connectivity index (χ2n) is 7.25. The Balaban J connectivity index is 2.26. The number of hydrogen-bond acceptors (Lipinski definition) is 5. The SMILES string of the molecule is COC(=O)C1=C(N)OC2=C(C(=O)CC(C)(C)C2)[C@H]1c1cc(Br)ccc1F. The quantitative estimate of drug-likeness (QED) is 0.733. The number of rotatable bonds is 2. The van der Waals surface area contributed by atoms with Crippen LogP contribution in [0, 0.1) is 11.2 Å². The second kappa shape index (κ2) is 6.54. The molecule has 5 nitrogen and oxygen atoms in total. The van der Waals surface area contributed by atoms with Crippen molar-refractivity contribution in [2.24, 2.45) is 11.1 Å². The van der Waals surface area contributed by atoms with E-state index in [-0.39, 0.29) is 40.2 Å². The van der Waals surface area contributed by atoms with Crippen LogP contribution in [0.2, 0.25) is 0 Å². The summed E-state index contributed by atoms with van der Waals surface area (Å²) in [5.41, 5.74) is 6.07. The van der Waals surface area contributed by atoms with Gasteiger partial charge in [-0.3, -0.25) is 4.79 Å². The summed E-state index contributed by atoms with van der Waals surface area (Å²) in [6.07, 6.45) is 0.741. The van der Waals surface area contributed by atoms with Gasteiger partial charge in [0.15, 0.2) is 5.78 Å². The summed E-state index contributed by atoms with van der Waals surface area (Å²) in [6.45, 7) is 3.89. The summed E-state index contributed by atoms with van der Waals surface area (Å²) >= 11 is 3.31. The van der Waals surface area contributed by atoms with Crippen molar-refractivity contribution in [2.45, 2.75) is 32.6 Å². The van der Waals surface area contributed by atoms with E-state index in [1.165, 1.54) is 13.2 Å². The minimum Gasteiger partial charge on any atom is -0.465 e. The van der Waals surface area contributed by atoms with Crippen molar-refractivity contribution in [1.29, 1.82) is 0 Å². The molecule has 0 fully saturated rings. The van der Waals surface area contributed by atoms with E-state index in [9.17, 15) is 14.0 Å². The first-order valence-electron chi connectivity index (χ1n) is 8.11. The molecule has 2 aliphatic rings. The van der Waals surface area contributed by atoms with E-state index in [0.29, 0.717) is 16.7 Å². The Morgan fingerprint density at radius 2 is 2.08 bits per heavy atom. The lowest BCUT2D eigenvalue weighted by molar-refractivity contribution is -0.136.